The third kappa shape index (κ3) is 4.60. The van der Waals surface area contributed by atoms with Crippen LogP contribution in [0.5, 0.6) is 0 Å². The molecule has 3 rings (SSSR count). The van der Waals surface area contributed by atoms with Gasteiger partial charge in [0.25, 0.3) is 5.91 Å². The number of hydrogen-bond donors (Lipinski definition) is 4. The minimum Gasteiger partial charge on any atom is -0.352 e. The van der Waals surface area contributed by atoms with Crippen LogP contribution in [0, 0.1) is 0 Å². The molecule has 0 atom stereocenters. The van der Waals surface area contributed by atoms with E-state index >= 15 is 0 Å². The van der Waals surface area contributed by atoms with Crippen LogP contribution in [0.25, 0.3) is 11.0 Å². The van der Waals surface area contributed by atoms with E-state index in [2.05, 4.69) is 20.6 Å². The number of nitrogens with two attached hydrogens (primary N) is 1. The topological polar surface area (TPSA) is 113 Å². The van der Waals surface area contributed by atoms with E-state index in [1.807, 2.05) is 24.3 Å². The van der Waals surface area contributed by atoms with Crippen LogP contribution in [0.2, 0.25) is 0 Å². The summed E-state index contributed by atoms with van der Waals surface area (Å²) in [7, 11) is 0. The first-order valence-electron chi connectivity index (χ1n) is 8.46. The number of H-pyrrole nitrogens is 1. The van der Waals surface area contributed by atoms with Gasteiger partial charge in [-0.05, 0) is 36.2 Å². The van der Waals surface area contributed by atoms with Crippen LogP contribution in [-0.2, 0) is 13.0 Å². The Hall–Kier alpha value is -3.35. The number of imidazole rings is 1. The van der Waals surface area contributed by atoms with Crippen molar-refractivity contribution in [1.82, 2.24) is 20.6 Å². The Kier molecular flexibility index (Phi) is 5.48. The normalized spacial score (nSPS) is 10.6. The van der Waals surface area contributed by atoms with Gasteiger partial charge in [0.05, 0.1) is 11.0 Å². The molecular weight excluding hydrogens is 330 g/mol. The Morgan fingerprint density at radius 3 is 2.54 bits per heavy atom. The molecule has 0 aliphatic carbocycles. The third-order valence-electron chi connectivity index (χ3n) is 4.00. The van der Waals surface area contributed by atoms with Gasteiger partial charge in [-0.25, -0.2) is 9.78 Å². The number of aromatic nitrogens is 2. The number of carbonyl (C=O) groups excluding carboxylic acids is 2. The smallest absolute Gasteiger partial charge is 0.312 e. The Morgan fingerprint density at radius 2 is 1.81 bits per heavy atom. The van der Waals surface area contributed by atoms with E-state index in [9.17, 15) is 9.59 Å². The molecule has 1 heterocycles. The van der Waals surface area contributed by atoms with E-state index in [4.69, 9.17) is 5.73 Å². The van der Waals surface area contributed by atoms with Crippen molar-refractivity contribution in [3.8, 4) is 0 Å². The second-order valence-corrected chi connectivity index (χ2v) is 5.97. The second kappa shape index (κ2) is 8.15. The van der Waals surface area contributed by atoms with Gasteiger partial charge in [-0.15, -0.1) is 0 Å². The fraction of sp³-hybridized carbons (Fsp3) is 0.211. The molecule has 0 bridgehead atoms. The van der Waals surface area contributed by atoms with Gasteiger partial charge in [0, 0.05) is 25.1 Å². The van der Waals surface area contributed by atoms with E-state index < -0.39 is 6.03 Å². The van der Waals surface area contributed by atoms with E-state index in [1.54, 1.807) is 24.3 Å². The molecule has 0 saturated carbocycles. The molecule has 0 unspecified atom stereocenters. The van der Waals surface area contributed by atoms with E-state index in [0.29, 0.717) is 18.7 Å². The van der Waals surface area contributed by atoms with Gasteiger partial charge in [-0.3, -0.25) is 4.79 Å². The van der Waals surface area contributed by atoms with Crippen molar-refractivity contribution in [2.45, 2.75) is 19.4 Å². The number of amides is 3. The maximum Gasteiger partial charge on any atom is 0.312 e. The third-order valence-corrected chi connectivity index (χ3v) is 4.00. The van der Waals surface area contributed by atoms with Crippen molar-refractivity contribution in [3.63, 3.8) is 0 Å². The van der Waals surface area contributed by atoms with Crippen molar-refractivity contribution in [2.24, 2.45) is 5.73 Å². The van der Waals surface area contributed by atoms with Crippen molar-refractivity contribution < 1.29 is 9.59 Å². The molecule has 26 heavy (non-hydrogen) atoms. The highest BCUT2D eigenvalue weighted by molar-refractivity contribution is 5.94. The molecule has 3 aromatic rings. The minimum atomic E-state index is -0.573. The Labute approximate surface area is 151 Å². The number of primary amides is 1. The molecule has 0 spiro atoms. The molecule has 134 valence electrons. The zero-order valence-electron chi connectivity index (χ0n) is 14.3. The van der Waals surface area contributed by atoms with Crippen molar-refractivity contribution in [1.29, 1.82) is 0 Å². The number of carbonyl (C=O) groups is 2. The maximum absolute atomic E-state index is 12.1. The minimum absolute atomic E-state index is 0.121. The highest BCUT2D eigenvalue weighted by atomic mass is 16.2. The van der Waals surface area contributed by atoms with E-state index in [0.717, 1.165) is 35.3 Å². The lowest BCUT2D eigenvalue weighted by Crippen LogP contribution is -2.28. The largest absolute Gasteiger partial charge is 0.352 e. The van der Waals surface area contributed by atoms with Gasteiger partial charge in [-0.1, -0.05) is 24.3 Å². The molecule has 0 fully saturated rings. The summed E-state index contributed by atoms with van der Waals surface area (Å²) in [6.45, 7) is 0.912. The van der Waals surface area contributed by atoms with Crippen molar-refractivity contribution in [3.05, 3.63) is 65.5 Å². The molecule has 7 heteroatoms. The van der Waals surface area contributed by atoms with Crippen LogP contribution in [0.3, 0.4) is 0 Å². The number of aromatic amines is 1. The first-order valence-corrected chi connectivity index (χ1v) is 8.46. The fourth-order valence-electron chi connectivity index (χ4n) is 2.65. The molecule has 1 aromatic heterocycles. The quantitative estimate of drug-likeness (QED) is 0.489. The first-order chi connectivity index (χ1) is 12.6. The predicted octanol–water partition coefficient (Wildman–Crippen LogP) is 2.09. The SMILES string of the molecule is NC(=O)NCc1ccc(C(=O)NCCCc2nc3ccccc3[nH]2)cc1. The van der Waals surface area contributed by atoms with Crippen LogP contribution < -0.4 is 16.4 Å². The highest BCUT2D eigenvalue weighted by Crippen LogP contribution is 2.11. The fourth-order valence-corrected chi connectivity index (χ4v) is 2.65. The molecule has 0 aliphatic rings. The highest BCUT2D eigenvalue weighted by Gasteiger charge is 2.06. The summed E-state index contributed by atoms with van der Waals surface area (Å²) in [5.74, 6) is 0.802. The lowest BCUT2D eigenvalue weighted by Gasteiger charge is -2.06. The van der Waals surface area contributed by atoms with Gasteiger partial charge in [0.15, 0.2) is 0 Å². The molecule has 5 N–H and O–H groups in total. The van der Waals surface area contributed by atoms with Crippen LogP contribution in [0.15, 0.2) is 48.5 Å². The average Bonchev–Trinajstić information content (AvgIpc) is 3.06. The molecular formula is C19H21N5O2. The van der Waals surface area contributed by atoms with Gasteiger partial charge in [-0.2, -0.15) is 0 Å². The lowest BCUT2D eigenvalue weighted by molar-refractivity contribution is 0.0953. The summed E-state index contributed by atoms with van der Waals surface area (Å²) in [5, 5.41) is 5.41. The first kappa shape index (κ1) is 17.5. The Balaban J connectivity index is 1.44. The summed E-state index contributed by atoms with van der Waals surface area (Å²) in [5.41, 5.74) is 8.47. The Bertz CT molecular complexity index is 869. The molecule has 7 nitrogen and oxygen atoms in total. The number of urea groups is 1. The Morgan fingerprint density at radius 1 is 1.04 bits per heavy atom. The standard InChI is InChI=1S/C19H21N5O2/c20-19(26)22-12-13-7-9-14(10-8-13)18(25)21-11-3-6-17-23-15-4-1-2-5-16(15)24-17/h1-2,4-5,7-10H,3,6,11-12H2,(H,21,25)(H,23,24)(H3,20,22,26). The molecule has 0 saturated heterocycles. The number of hydrogen-bond acceptors (Lipinski definition) is 3. The average molecular weight is 351 g/mol. The summed E-state index contributed by atoms with van der Waals surface area (Å²) in [6, 6.07) is 14.4. The summed E-state index contributed by atoms with van der Waals surface area (Å²) in [4.78, 5) is 30.6. The van der Waals surface area contributed by atoms with Crippen molar-refractivity contribution in [2.75, 3.05) is 6.54 Å². The summed E-state index contributed by atoms with van der Waals surface area (Å²) in [6.07, 6.45) is 1.57. The van der Waals surface area contributed by atoms with Crippen LogP contribution in [0.1, 0.15) is 28.2 Å². The van der Waals surface area contributed by atoms with E-state index in [-0.39, 0.29) is 5.91 Å². The number of benzene rings is 2. The van der Waals surface area contributed by atoms with Crippen LogP contribution in [-0.4, -0.2) is 28.5 Å². The number of aryl methyl sites for hydroxylation is 1. The molecule has 0 radical (unpaired) electrons. The second-order valence-electron chi connectivity index (χ2n) is 5.97. The van der Waals surface area contributed by atoms with Gasteiger partial charge in [0.1, 0.15) is 5.82 Å². The number of nitrogens with one attached hydrogen (secondary N) is 3. The van der Waals surface area contributed by atoms with Gasteiger partial charge < -0.3 is 21.4 Å². The predicted molar refractivity (Wildman–Crippen MR) is 99.6 cm³/mol. The number of fused-ring (bicyclic) bond motifs is 1. The summed E-state index contributed by atoms with van der Waals surface area (Å²) < 4.78 is 0. The van der Waals surface area contributed by atoms with Crippen LogP contribution >= 0.6 is 0 Å². The van der Waals surface area contributed by atoms with Gasteiger partial charge >= 0.3 is 6.03 Å². The zero-order chi connectivity index (χ0) is 18.4. The van der Waals surface area contributed by atoms with Crippen LogP contribution in [0.4, 0.5) is 4.79 Å². The molecule has 0 aliphatic heterocycles. The van der Waals surface area contributed by atoms with Gasteiger partial charge in [0.2, 0.25) is 0 Å². The molecule has 3 amide bonds. The monoisotopic (exact) mass is 351 g/mol. The van der Waals surface area contributed by atoms with E-state index in [1.165, 1.54) is 0 Å². The van der Waals surface area contributed by atoms with Crippen molar-refractivity contribution >= 4 is 23.0 Å². The summed E-state index contributed by atoms with van der Waals surface area (Å²) >= 11 is 0. The zero-order valence-corrected chi connectivity index (χ0v) is 14.3. The number of nitrogens with zero attached hydrogens (tertiary/aromatic N) is 1. The number of para-hydroxylation sites is 2. The number of rotatable bonds is 7. The molecule has 2 aromatic carbocycles. The lowest BCUT2D eigenvalue weighted by atomic mass is 10.1. The maximum atomic E-state index is 12.1.